The first kappa shape index (κ1) is 10.3. The summed E-state index contributed by atoms with van der Waals surface area (Å²) in [4.78, 5) is 4.11. The minimum absolute atomic E-state index is 0.866. The molecule has 2 rings (SSSR count). The first-order valence-corrected chi connectivity index (χ1v) is 5.59. The molecule has 0 aliphatic rings. The Morgan fingerprint density at radius 1 is 1.40 bits per heavy atom. The second kappa shape index (κ2) is 4.53. The molecule has 0 aromatic carbocycles. The van der Waals surface area contributed by atoms with Gasteiger partial charge in [-0.25, -0.2) is 0 Å². The molecule has 0 fully saturated rings. The maximum absolute atomic E-state index is 4.11. The van der Waals surface area contributed by atoms with E-state index in [0.717, 1.165) is 28.8 Å². The molecule has 0 spiro atoms. The van der Waals surface area contributed by atoms with Crippen LogP contribution in [0.4, 0.5) is 0 Å². The average Bonchev–Trinajstić information content (AvgIpc) is 2.66. The third-order valence-corrected chi connectivity index (χ3v) is 2.48. The van der Waals surface area contributed by atoms with Gasteiger partial charge in [-0.1, -0.05) is 6.92 Å². The Hall–Kier alpha value is -1.23. The van der Waals surface area contributed by atoms with Crippen LogP contribution >= 0.6 is 15.9 Å². The molecule has 0 amide bonds. The molecule has 2 aromatic rings. The summed E-state index contributed by atoms with van der Waals surface area (Å²) in [6, 6.07) is 1.99. The van der Waals surface area contributed by atoms with E-state index in [-0.39, 0.29) is 0 Å². The van der Waals surface area contributed by atoms with Crippen molar-refractivity contribution in [2.75, 3.05) is 0 Å². The standard InChI is InChI=1S/C10H11BrN4/c1-2-3-15-7-13-14-10(15)8-4-9(11)6-12-5-8/h4-7H,2-3H2,1H3. The van der Waals surface area contributed by atoms with Crippen LogP contribution in [0.3, 0.4) is 0 Å². The first-order valence-electron chi connectivity index (χ1n) is 4.80. The summed E-state index contributed by atoms with van der Waals surface area (Å²) in [6.45, 7) is 3.05. The van der Waals surface area contributed by atoms with Gasteiger partial charge in [-0.05, 0) is 28.4 Å². The van der Waals surface area contributed by atoms with Crippen LogP contribution in [0.5, 0.6) is 0 Å². The topological polar surface area (TPSA) is 43.6 Å². The first-order chi connectivity index (χ1) is 7.31. The predicted molar refractivity (Wildman–Crippen MR) is 61.2 cm³/mol. The predicted octanol–water partition coefficient (Wildman–Crippen LogP) is 2.51. The molecular weight excluding hydrogens is 256 g/mol. The molecule has 0 aliphatic heterocycles. The van der Waals surface area contributed by atoms with E-state index in [1.165, 1.54) is 0 Å². The molecule has 2 heterocycles. The smallest absolute Gasteiger partial charge is 0.165 e. The largest absolute Gasteiger partial charge is 0.314 e. The molecule has 0 atom stereocenters. The molecule has 0 aliphatic carbocycles. The molecule has 2 aromatic heterocycles. The van der Waals surface area contributed by atoms with Gasteiger partial charge in [0.15, 0.2) is 5.82 Å². The second-order valence-corrected chi connectivity index (χ2v) is 4.16. The Kier molecular flexibility index (Phi) is 3.11. The molecule has 0 N–H and O–H groups in total. The van der Waals surface area contributed by atoms with Crippen molar-refractivity contribution in [3.05, 3.63) is 29.3 Å². The molecule has 4 nitrogen and oxygen atoms in total. The van der Waals surface area contributed by atoms with E-state index >= 15 is 0 Å². The molecular formula is C10H11BrN4. The van der Waals surface area contributed by atoms with Crippen LogP contribution in [0.15, 0.2) is 29.3 Å². The van der Waals surface area contributed by atoms with Crippen molar-refractivity contribution in [2.24, 2.45) is 0 Å². The monoisotopic (exact) mass is 266 g/mol. The Labute approximate surface area is 96.5 Å². The van der Waals surface area contributed by atoms with Gasteiger partial charge in [0, 0.05) is 29.0 Å². The lowest BCUT2D eigenvalue weighted by molar-refractivity contribution is 0.682. The SMILES string of the molecule is CCCn1cnnc1-c1cncc(Br)c1. The Balaban J connectivity index is 2.40. The van der Waals surface area contributed by atoms with Crippen molar-refractivity contribution in [1.82, 2.24) is 19.7 Å². The fourth-order valence-corrected chi connectivity index (χ4v) is 1.78. The zero-order valence-corrected chi connectivity index (χ0v) is 9.98. The van der Waals surface area contributed by atoms with E-state index in [1.807, 2.05) is 10.6 Å². The van der Waals surface area contributed by atoms with Gasteiger partial charge in [0.2, 0.25) is 0 Å². The number of halogens is 1. The lowest BCUT2D eigenvalue weighted by Crippen LogP contribution is -1.98. The summed E-state index contributed by atoms with van der Waals surface area (Å²) in [5.41, 5.74) is 0.982. The van der Waals surface area contributed by atoms with E-state index in [2.05, 4.69) is 38.0 Å². The van der Waals surface area contributed by atoms with E-state index in [9.17, 15) is 0 Å². The summed E-state index contributed by atoms with van der Waals surface area (Å²) >= 11 is 3.39. The van der Waals surface area contributed by atoms with Crippen LogP contribution in [0.1, 0.15) is 13.3 Å². The lowest BCUT2D eigenvalue weighted by atomic mass is 10.2. The second-order valence-electron chi connectivity index (χ2n) is 3.24. The maximum atomic E-state index is 4.11. The van der Waals surface area contributed by atoms with Crippen LogP contribution in [0.2, 0.25) is 0 Å². The highest BCUT2D eigenvalue weighted by molar-refractivity contribution is 9.10. The number of hydrogen-bond donors (Lipinski definition) is 0. The molecule has 0 radical (unpaired) electrons. The van der Waals surface area contributed by atoms with Crippen molar-refractivity contribution in [3.63, 3.8) is 0 Å². The number of hydrogen-bond acceptors (Lipinski definition) is 3. The molecule has 5 heteroatoms. The van der Waals surface area contributed by atoms with Crippen LogP contribution in [-0.4, -0.2) is 19.7 Å². The third kappa shape index (κ3) is 2.23. The molecule has 0 unspecified atom stereocenters. The number of nitrogens with zero attached hydrogens (tertiary/aromatic N) is 4. The normalized spacial score (nSPS) is 10.5. The Morgan fingerprint density at radius 2 is 2.27 bits per heavy atom. The van der Waals surface area contributed by atoms with E-state index in [4.69, 9.17) is 0 Å². The van der Waals surface area contributed by atoms with Gasteiger partial charge in [-0.15, -0.1) is 10.2 Å². The fourth-order valence-electron chi connectivity index (χ4n) is 1.42. The van der Waals surface area contributed by atoms with Crippen LogP contribution in [0.25, 0.3) is 11.4 Å². The highest BCUT2D eigenvalue weighted by atomic mass is 79.9. The van der Waals surface area contributed by atoms with Crippen LogP contribution in [-0.2, 0) is 6.54 Å². The molecule has 78 valence electrons. The number of aryl methyl sites for hydroxylation is 1. The number of rotatable bonds is 3. The minimum Gasteiger partial charge on any atom is -0.314 e. The van der Waals surface area contributed by atoms with Gasteiger partial charge in [-0.2, -0.15) is 0 Å². The van der Waals surface area contributed by atoms with Crippen molar-refractivity contribution < 1.29 is 0 Å². The van der Waals surface area contributed by atoms with Crippen LogP contribution < -0.4 is 0 Å². The van der Waals surface area contributed by atoms with Gasteiger partial charge < -0.3 is 4.57 Å². The Bertz CT molecular complexity index is 452. The lowest BCUT2D eigenvalue weighted by Gasteiger charge is -2.04. The number of pyridine rings is 1. The molecule has 0 saturated heterocycles. The molecule has 15 heavy (non-hydrogen) atoms. The van der Waals surface area contributed by atoms with Gasteiger partial charge in [0.25, 0.3) is 0 Å². The summed E-state index contributed by atoms with van der Waals surface area (Å²) in [5, 5.41) is 8.01. The van der Waals surface area contributed by atoms with Crippen molar-refractivity contribution in [3.8, 4) is 11.4 Å². The van der Waals surface area contributed by atoms with E-state index < -0.39 is 0 Å². The Morgan fingerprint density at radius 3 is 3.00 bits per heavy atom. The molecule has 0 bridgehead atoms. The van der Waals surface area contributed by atoms with E-state index in [0.29, 0.717) is 0 Å². The van der Waals surface area contributed by atoms with Gasteiger partial charge in [-0.3, -0.25) is 4.98 Å². The van der Waals surface area contributed by atoms with Gasteiger partial charge in [0.1, 0.15) is 6.33 Å². The minimum atomic E-state index is 0.866. The number of aromatic nitrogens is 4. The van der Waals surface area contributed by atoms with E-state index in [1.54, 1.807) is 18.7 Å². The highest BCUT2D eigenvalue weighted by Crippen LogP contribution is 2.19. The summed E-state index contributed by atoms with van der Waals surface area (Å²) in [5.74, 6) is 0.866. The highest BCUT2D eigenvalue weighted by Gasteiger charge is 2.06. The maximum Gasteiger partial charge on any atom is 0.165 e. The quantitative estimate of drug-likeness (QED) is 0.858. The van der Waals surface area contributed by atoms with Crippen molar-refractivity contribution in [2.45, 2.75) is 19.9 Å². The zero-order valence-electron chi connectivity index (χ0n) is 8.39. The van der Waals surface area contributed by atoms with Crippen LogP contribution in [0, 0.1) is 0 Å². The average molecular weight is 267 g/mol. The molecule has 0 saturated carbocycles. The van der Waals surface area contributed by atoms with Crippen molar-refractivity contribution >= 4 is 15.9 Å². The third-order valence-electron chi connectivity index (χ3n) is 2.04. The summed E-state index contributed by atoms with van der Waals surface area (Å²) < 4.78 is 2.98. The summed E-state index contributed by atoms with van der Waals surface area (Å²) in [6.07, 6.45) is 6.36. The summed E-state index contributed by atoms with van der Waals surface area (Å²) in [7, 11) is 0. The van der Waals surface area contributed by atoms with Crippen molar-refractivity contribution in [1.29, 1.82) is 0 Å². The van der Waals surface area contributed by atoms with Gasteiger partial charge in [0.05, 0.1) is 0 Å². The zero-order chi connectivity index (χ0) is 10.7. The van der Waals surface area contributed by atoms with Gasteiger partial charge >= 0.3 is 0 Å². The fraction of sp³-hybridized carbons (Fsp3) is 0.300.